The Hall–Kier alpha value is -3.07. The molecule has 166 valence electrons. The third-order valence-electron chi connectivity index (χ3n) is 3.86. The van der Waals surface area contributed by atoms with E-state index in [9.17, 15) is 9.59 Å². The highest BCUT2D eigenvalue weighted by Crippen LogP contribution is 2.36. The molecule has 8 nitrogen and oxygen atoms in total. The van der Waals surface area contributed by atoms with Gasteiger partial charge < -0.3 is 18.9 Å². The second kappa shape index (κ2) is 12.6. The number of carbonyl (C=O) groups excluding carboxylic acids is 2. The molecule has 2 aromatic rings. The van der Waals surface area contributed by atoms with Crippen molar-refractivity contribution in [3.05, 3.63) is 52.0 Å². The van der Waals surface area contributed by atoms with Crippen LogP contribution in [0.2, 0.25) is 0 Å². The number of hydrazone groups is 1. The van der Waals surface area contributed by atoms with E-state index >= 15 is 0 Å². The van der Waals surface area contributed by atoms with Gasteiger partial charge in [0.2, 0.25) is 0 Å². The predicted molar refractivity (Wildman–Crippen MR) is 120 cm³/mol. The molecule has 0 fully saturated rings. The zero-order chi connectivity index (χ0) is 22.6. The lowest BCUT2D eigenvalue weighted by Crippen LogP contribution is -2.17. The molecule has 0 saturated heterocycles. The van der Waals surface area contributed by atoms with Crippen molar-refractivity contribution in [2.45, 2.75) is 20.3 Å². The highest BCUT2D eigenvalue weighted by atomic mass is 79.9. The van der Waals surface area contributed by atoms with E-state index in [0.717, 1.165) is 6.42 Å². The van der Waals surface area contributed by atoms with Gasteiger partial charge in [-0.3, -0.25) is 4.79 Å². The average molecular weight is 493 g/mol. The fourth-order valence-electron chi connectivity index (χ4n) is 2.44. The Morgan fingerprint density at radius 2 is 1.87 bits per heavy atom. The summed E-state index contributed by atoms with van der Waals surface area (Å²) in [6.45, 7) is 4.41. The average Bonchev–Trinajstić information content (AvgIpc) is 2.77. The Morgan fingerprint density at radius 1 is 1.13 bits per heavy atom. The Balaban J connectivity index is 2.00. The van der Waals surface area contributed by atoms with Gasteiger partial charge >= 0.3 is 5.97 Å². The fourth-order valence-corrected chi connectivity index (χ4v) is 3.01. The fraction of sp³-hybridized carbons (Fsp3) is 0.318. The molecule has 0 heterocycles. The minimum Gasteiger partial charge on any atom is -0.494 e. The van der Waals surface area contributed by atoms with E-state index in [-0.39, 0.29) is 19.1 Å². The molecule has 9 heteroatoms. The first kappa shape index (κ1) is 24.2. The van der Waals surface area contributed by atoms with Crippen molar-refractivity contribution in [1.29, 1.82) is 0 Å². The number of hydrogen-bond donors (Lipinski definition) is 1. The van der Waals surface area contributed by atoms with Gasteiger partial charge in [0.1, 0.15) is 5.75 Å². The van der Waals surface area contributed by atoms with Gasteiger partial charge in [-0.2, -0.15) is 5.10 Å². The molecule has 0 aliphatic carbocycles. The van der Waals surface area contributed by atoms with E-state index in [0.29, 0.717) is 39.5 Å². The number of hydrogen-bond acceptors (Lipinski definition) is 7. The van der Waals surface area contributed by atoms with Gasteiger partial charge in [0.15, 0.2) is 18.1 Å². The maximum atomic E-state index is 12.2. The second-order valence-electron chi connectivity index (χ2n) is 6.20. The molecule has 0 saturated carbocycles. The van der Waals surface area contributed by atoms with E-state index in [1.807, 2.05) is 6.92 Å². The minimum atomic E-state index is -0.477. The normalized spacial score (nSPS) is 10.6. The molecular weight excluding hydrogens is 468 g/mol. The quantitative estimate of drug-likeness (QED) is 0.289. The first-order valence-corrected chi connectivity index (χ1v) is 10.5. The van der Waals surface area contributed by atoms with Gasteiger partial charge in [0, 0.05) is 5.56 Å². The van der Waals surface area contributed by atoms with E-state index in [1.165, 1.54) is 13.3 Å². The molecule has 0 aliphatic rings. The molecule has 1 amide bonds. The predicted octanol–water partition coefficient (Wildman–Crippen LogP) is 3.95. The van der Waals surface area contributed by atoms with Crippen LogP contribution in [-0.2, 0) is 9.53 Å². The van der Waals surface area contributed by atoms with Crippen LogP contribution in [0.4, 0.5) is 0 Å². The van der Waals surface area contributed by atoms with E-state index in [4.69, 9.17) is 18.9 Å². The Bertz CT molecular complexity index is 915. The topological polar surface area (TPSA) is 95.5 Å². The summed E-state index contributed by atoms with van der Waals surface area (Å²) < 4.78 is 21.7. The van der Waals surface area contributed by atoms with E-state index < -0.39 is 5.97 Å². The zero-order valence-corrected chi connectivity index (χ0v) is 19.2. The molecular formula is C22H25BrN2O6. The molecule has 2 rings (SSSR count). The highest BCUT2D eigenvalue weighted by Gasteiger charge is 2.13. The molecule has 2 aromatic carbocycles. The van der Waals surface area contributed by atoms with Gasteiger partial charge in [-0.05, 0) is 71.2 Å². The summed E-state index contributed by atoms with van der Waals surface area (Å²) in [5.41, 5.74) is 3.59. The molecule has 0 bridgehead atoms. The number of rotatable bonds is 11. The summed E-state index contributed by atoms with van der Waals surface area (Å²) in [4.78, 5) is 23.8. The summed E-state index contributed by atoms with van der Waals surface area (Å²) >= 11 is 3.39. The Kier molecular flexibility index (Phi) is 9.83. The lowest BCUT2D eigenvalue weighted by molar-refractivity contribution is -0.145. The molecule has 0 spiro atoms. The lowest BCUT2D eigenvalue weighted by Gasteiger charge is -2.13. The van der Waals surface area contributed by atoms with Crippen LogP contribution >= 0.6 is 15.9 Å². The van der Waals surface area contributed by atoms with Crippen molar-refractivity contribution in [3.8, 4) is 17.2 Å². The van der Waals surface area contributed by atoms with Crippen LogP contribution in [0.25, 0.3) is 0 Å². The Labute approximate surface area is 189 Å². The zero-order valence-electron chi connectivity index (χ0n) is 17.6. The number of amides is 1. The van der Waals surface area contributed by atoms with Crippen LogP contribution < -0.4 is 19.6 Å². The van der Waals surface area contributed by atoms with E-state index in [1.54, 1.807) is 43.3 Å². The minimum absolute atomic E-state index is 0.242. The number of methoxy groups -OCH3 is 1. The van der Waals surface area contributed by atoms with Gasteiger partial charge in [-0.1, -0.05) is 6.92 Å². The first-order chi connectivity index (χ1) is 15.0. The van der Waals surface area contributed by atoms with Crippen LogP contribution in [0.1, 0.15) is 36.2 Å². The van der Waals surface area contributed by atoms with Crippen LogP contribution in [-0.4, -0.2) is 45.0 Å². The van der Waals surface area contributed by atoms with Crippen molar-refractivity contribution in [2.24, 2.45) is 5.10 Å². The smallest absolute Gasteiger partial charge is 0.344 e. The number of ether oxygens (including phenoxy) is 4. The summed E-state index contributed by atoms with van der Waals surface area (Å²) in [5, 5.41) is 3.99. The molecule has 0 aliphatic heterocycles. The van der Waals surface area contributed by atoms with Gasteiger partial charge in [0.05, 0.1) is 31.0 Å². The molecule has 31 heavy (non-hydrogen) atoms. The van der Waals surface area contributed by atoms with Crippen LogP contribution in [0.3, 0.4) is 0 Å². The number of esters is 1. The molecule has 0 unspecified atom stereocenters. The van der Waals surface area contributed by atoms with Crippen molar-refractivity contribution in [3.63, 3.8) is 0 Å². The summed E-state index contributed by atoms with van der Waals surface area (Å²) in [5.74, 6) is 0.647. The highest BCUT2D eigenvalue weighted by molar-refractivity contribution is 9.10. The summed E-state index contributed by atoms with van der Waals surface area (Å²) in [7, 11) is 1.48. The lowest BCUT2D eigenvalue weighted by atomic mass is 10.2. The van der Waals surface area contributed by atoms with Crippen molar-refractivity contribution >= 4 is 34.0 Å². The third kappa shape index (κ3) is 7.60. The molecule has 0 radical (unpaired) electrons. The second-order valence-corrected chi connectivity index (χ2v) is 7.05. The van der Waals surface area contributed by atoms with Crippen LogP contribution in [0, 0.1) is 0 Å². The number of benzene rings is 2. The largest absolute Gasteiger partial charge is 0.494 e. The number of carbonyl (C=O) groups is 2. The summed E-state index contributed by atoms with van der Waals surface area (Å²) in [6, 6.07) is 10.2. The maximum absolute atomic E-state index is 12.2. The van der Waals surface area contributed by atoms with Gasteiger partial charge in [-0.25, -0.2) is 10.2 Å². The number of nitrogens with one attached hydrogen (secondary N) is 1. The molecule has 0 atom stereocenters. The third-order valence-corrected chi connectivity index (χ3v) is 4.45. The van der Waals surface area contributed by atoms with Crippen molar-refractivity contribution in [2.75, 3.05) is 26.9 Å². The number of nitrogens with zero attached hydrogens (tertiary/aromatic N) is 1. The van der Waals surface area contributed by atoms with Crippen LogP contribution in [0.15, 0.2) is 46.0 Å². The van der Waals surface area contributed by atoms with Crippen LogP contribution in [0.5, 0.6) is 17.2 Å². The van der Waals surface area contributed by atoms with Crippen molar-refractivity contribution in [1.82, 2.24) is 5.43 Å². The SMILES string of the molecule is CCCOc1ccc(C(=O)N/N=C/c2cc(Br)c(OCC(=O)OCC)c(OC)c2)cc1. The van der Waals surface area contributed by atoms with Gasteiger partial charge in [0.25, 0.3) is 5.91 Å². The van der Waals surface area contributed by atoms with Crippen molar-refractivity contribution < 1.29 is 28.5 Å². The number of halogens is 1. The summed E-state index contributed by atoms with van der Waals surface area (Å²) in [6.07, 6.45) is 2.38. The molecule has 0 aromatic heterocycles. The maximum Gasteiger partial charge on any atom is 0.344 e. The Morgan fingerprint density at radius 3 is 2.52 bits per heavy atom. The molecule has 1 N–H and O–H groups in total. The monoisotopic (exact) mass is 492 g/mol. The standard InChI is InChI=1S/C22H25BrN2O6/c1-4-10-30-17-8-6-16(7-9-17)22(27)25-24-13-15-11-18(23)21(19(12-15)28-3)31-14-20(26)29-5-2/h6-9,11-13H,4-5,10,14H2,1-3H3,(H,25,27)/b24-13+. The van der Waals surface area contributed by atoms with Gasteiger partial charge in [-0.15, -0.1) is 0 Å². The van der Waals surface area contributed by atoms with E-state index in [2.05, 4.69) is 26.5 Å². The first-order valence-electron chi connectivity index (χ1n) is 9.70.